The molecule has 0 spiro atoms. The van der Waals surface area contributed by atoms with Crippen molar-refractivity contribution in [3.63, 3.8) is 0 Å². The van der Waals surface area contributed by atoms with Crippen molar-refractivity contribution in [3.8, 4) is 0 Å². The van der Waals surface area contributed by atoms with Gasteiger partial charge in [-0.1, -0.05) is 24.3 Å². The first-order valence-corrected chi connectivity index (χ1v) is 6.60. The Morgan fingerprint density at radius 3 is 2.78 bits per heavy atom. The van der Waals surface area contributed by atoms with Gasteiger partial charge in [0.1, 0.15) is 6.10 Å². The van der Waals surface area contributed by atoms with Gasteiger partial charge in [-0.3, -0.25) is 0 Å². The minimum atomic E-state index is -0.760. The Bertz CT molecular complexity index is 365. The summed E-state index contributed by atoms with van der Waals surface area (Å²) in [6.45, 7) is 5.20. The van der Waals surface area contributed by atoms with Gasteiger partial charge in [-0.05, 0) is 17.5 Å². The SMILES string of the molecule is OCC(O)c1cccc(CCN2CCNCC2)c1. The second-order valence-corrected chi connectivity index (χ2v) is 4.79. The van der Waals surface area contributed by atoms with Gasteiger partial charge in [-0.15, -0.1) is 0 Å². The van der Waals surface area contributed by atoms with E-state index in [9.17, 15) is 5.11 Å². The molecule has 0 aromatic heterocycles. The monoisotopic (exact) mass is 250 g/mol. The highest BCUT2D eigenvalue weighted by molar-refractivity contribution is 5.25. The van der Waals surface area contributed by atoms with Gasteiger partial charge >= 0.3 is 0 Å². The Kier molecular flexibility index (Phi) is 5.13. The van der Waals surface area contributed by atoms with E-state index in [2.05, 4.69) is 16.3 Å². The quantitative estimate of drug-likeness (QED) is 0.697. The van der Waals surface area contributed by atoms with Crippen LogP contribution >= 0.6 is 0 Å². The number of nitrogens with zero attached hydrogens (tertiary/aromatic N) is 1. The number of piperazine rings is 1. The molecule has 1 aliphatic heterocycles. The van der Waals surface area contributed by atoms with Gasteiger partial charge in [-0.2, -0.15) is 0 Å². The lowest BCUT2D eigenvalue weighted by molar-refractivity contribution is 0.0955. The van der Waals surface area contributed by atoms with E-state index < -0.39 is 6.10 Å². The first kappa shape index (κ1) is 13.5. The maximum atomic E-state index is 9.60. The van der Waals surface area contributed by atoms with Gasteiger partial charge in [-0.25, -0.2) is 0 Å². The zero-order valence-corrected chi connectivity index (χ0v) is 10.7. The van der Waals surface area contributed by atoms with Crippen molar-refractivity contribution in [1.82, 2.24) is 10.2 Å². The molecule has 0 bridgehead atoms. The lowest BCUT2D eigenvalue weighted by Crippen LogP contribution is -2.44. The van der Waals surface area contributed by atoms with Crippen LogP contribution in [0.4, 0.5) is 0 Å². The molecule has 0 saturated carbocycles. The van der Waals surface area contributed by atoms with Crippen LogP contribution in [0.25, 0.3) is 0 Å². The van der Waals surface area contributed by atoms with Crippen molar-refractivity contribution in [2.75, 3.05) is 39.3 Å². The molecule has 1 unspecified atom stereocenters. The summed E-state index contributed by atoms with van der Waals surface area (Å²) < 4.78 is 0. The summed E-state index contributed by atoms with van der Waals surface area (Å²) in [6, 6.07) is 7.87. The molecule has 18 heavy (non-hydrogen) atoms. The Balaban J connectivity index is 1.88. The molecule has 0 aliphatic carbocycles. The summed E-state index contributed by atoms with van der Waals surface area (Å²) in [5.74, 6) is 0. The molecule has 1 saturated heterocycles. The first-order valence-electron chi connectivity index (χ1n) is 6.60. The predicted molar refractivity (Wildman–Crippen MR) is 71.5 cm³/mol. The average molecular weight is 250 g/mol. The normalized spacial score (nSPS) is 18.8. The van der Waals surface area contributed by atoms with Gasteiger partial charge in [0.2, 0.25) is 0 Å². The second kappa shape index (κ2) is 6.85. The number of aliphatic hydroxyl groups is 2. The van der Waals surface area contributed by atoms with E-state index in [-0.39, 0.29) is 6.61 Å². The van der Waals surface area contributed by atoms with Crippen molar-refractivity contribution in [2.45, 2.75) is 12.5 Å². The maximum Gasteiger partial charge on any atom is 0.102 e. The molecule has 1 heterocycles. The van der Waals surface area contributed by atoms with Crippen molar-refractivity contribution < 1.29 is 10.2 Å². The highest BCUT2D eigenvalue weighted by Gasteiger charge is 2.10. The zero-order valence-electron chi connectivity index (χ0n) is 10.7. The molecular formula is C14H22N2O2. The molecule has 1 atom stereocenters. The number of hydrogen-bond acceptors (Lipinski definition) is 4. The topological polar surface area (TPSA) is 55.7 Å². The van der Waals surface area contributed by atoms with E-state index in [1.165, 1.54) is 5.56 Å². The van der Waals surface area contributed by atoms with Crippen LogP contribution < -0.4 is 5.32 Å². The van der Waals surface area contributed by atoms with E-state index in [0.29, 0.717) is 0 Å². The third-order valence-corrected chi connectivity index (χ3v) is 3.44. The summed E-state index contributed by atoms with van der Waals surface area (Å²) in [5, 5.41) is 21.9. The van der Waals surface area contributed by atoms with Gasteiger partial charge in [0, 0.05) is 32.7 Å². The fourth-order valence-corrected chi connectivity index (χ4v) is 2.28. The molecule has 100 valence electrons. The van der Waals surface area contributed by atoms with E-state index in [1.54, 1.807) is 0 Å². The Labute approximate surface area is 108 Å². The average Bonchev–Trinajstić information content (AvgIpc) is 2.45. The van der Waals surface area contributed by atoms with Gasteiger partial charge < -0.3 is 20.4 Å². The molecule has 1 aromatic rings. The number of nitrogens with one attached hydrogen (secondary N) is 1. The predicted octanol–water partition coefficient (Wildman–Crippen LogP) is 0.160. The van der Waals surface area contributed by atoms with Crippen LogP contribution in [-0.4, -0.2) is 54.4 Å². The largest absolute Gasteiger partial charge is 0.393 e. The van der Waals surface area contributed by atoms with Crippen molar-refractivity contribution in [2.24, 2.45) is 0 Å². The van der Waals surface area contributed by atoms with Crippen LogP contribution in [0.15, 0.2) is 24.3 Å². The summed E-state index contributed by atoms with van der Waals surface area (Å²) in [5.41, 5.74) is 2.02. The molecule has 0 amide bonds. The Morgan fingerprint density at radius 1 is 1.28 bits per heavy atom. The van der Waals surface area contributed by atoms with Crippen LogP contribution in [-0.2, 0) is 6.42 Å². The molecule has 3 N–H and O–H groups in total. The molecule has 0 radical (unpaired) electrons. The van der Waals surface area contributed by atoms with Crippen molar-refractivity contribution in [1.29, 1.82) is 0 Å². The summed E-state index contributed by atoms with van der Waals surface area (Å²) in [7, 11) is 0. The van der Waals surface area contributed by atoms with Gasteiger partial charge in [0.15, 0.2) is 0 Å². The van der Waals surface area contributed by atoms with E-state index in [4.69, 9.17) is 5.11 Å². The van der Waals surface area contributed by atoms with Crippen LogP contribution in [0.1, 0.15) is 17.2 Å². The summed E-state index contributed by atoms with van der Waals surface area (Å²) >= 11 is 0. The third-order valence-electron chi connectivity index (χ3n) is 3.44. The number of aliphatic hydroxyl groups excluding tert-OH is 2. The number of hydrogen-bond donors (Lipinski definition) is 3. The molecular weight excluding hydrogens is 228 g/mol. The molecule has 4 heteroatoms. The Morgan fingerprint density at radius 2 is 2.06 bits per heavy atom. The zero-order chi connectivity index (χ0) is 12.8. The van der Waals surface area contributed by atoms with Crippen LogP contribution in [0.2, 0.25) is 0 Å². The van der Waals surface area contributed by atoms with Gasteiger partial charge in [0.05, 0.1) is 6.61 Å². The standard InChI is InChI=1S/C14H22N2O2/c17-11-14(18)13-3-1-2-12(10-13)4-7-16-8-5-15-6-9-16/h1-3,10,14-15,17-18H,4-9,11H2. The van der Waals surface area contributed by atoms with Crippen LogP contribution in [0, 0.1) is 0 Å². The molecule has 4 nitrogen and oxygen atoms in total. The van der Waals surface area contributed by atoms with E-state index >= 15 is 0 Å². The van der Waals surface area contributed by atoms with Crippen molar-refractivity contribution >= 4 is 0 Å². The highest BCUT2D eigenvalue weighted by atomic mass is 16.3. The smallest absolute Gasteiger partial charge is 0.102 e. The summed E-state index contributed by atoms with van der Waals surface area (Å²) in [4.78, 5) is 2.45. The highest BCUT2D eigenvalue weighted by Crippen LogP contribution is 2.14. The van der Waals surface area contributed by atoms with E-state index in [0.717, 1.165) is 44.7 Å². The maximum absolute atomic E-state index is 9.60. The first-order chi connectivity index (χ1) is 8.79. The van der Waals surface area contributed by atoms with Gasteiger partial charge in [0.25, 0.3) is 0 Å². The third kappa shape index (κ3) is 3.78. The van der Waals surface area contributed by atoms with E-state index in [1.807, 2.05) is 18.2 Å². The minimum Gasteiger partial charge on any atom is -0.393 e. The Hall–Kier alpha value is -0.940. The number of rotatable bonds is 5. The van der Waals surface area contributed by atoms with Crippen LogP contribution in [0.3, 0.4) is 0 Å². The van der Waals surface area contributed by atoms with Crippen LogP contribution in [0.5, 0.6) is 0 Å². The number of benzene rings is 1. The summed E-state index contributed by atoms with van der Waals surface area (Å²) in [6.07, 6.45) is 0.232. The fraction of sp³-hybridized carbons (Fsp3) is 0.571. The lowest BCUT2D eigenvalue weighted by atomic mass is 10.0. The molecule has 1 aromatic carbocycles. The minimum absolute atomic E-state index is 0.221. The molecule has 1 aliphatic rings. The second-order valence-electron chi connectivity index (χ2n) is 4.79. The molecule has 2 rings (SSSR count). The van der Waals surface area contributed by atoms with Crippen molar-refractivity contribution in [3.05, 3.63) is 35.4 Å². The lowest BCUT2D eigenvalue weighted by Gasteiger charge is -2.27. The fourth-order valence-electron chi connectivity index (χ4n) is 2.28. The molecule has 1 fully saturated rings.